The molecule has 4 nitrogen and oxygen atoms in total. The van der Waals surface area contributed by atoms with Crippen molar-refractivity contribution in [3.63, 3.8) is 0 Å². The van der Waals surface area contributed by atoms with Crippen LogP contribution in [0.25, 0.3) is 0 Å². The molecule has 0 aliphatic heterocycles. The Kier molecular flexibility index (Phi) is 5.66. The summed E-state index contributed by atoms with van der Waals surface area (Å²) in [4.78, 5) is 11.2. The monoisotopic (exact) mass is 237 g/mol. The summed E-state index contributed by atoms with van der Waals surface area (Å²) in [7, 11) is 3.17. The Morgan fingerprint density at radius 2 is 1.82 bits per heavy atom. The first-order chi connectivity index (χ1) is 8.17. The van der Waals surface area contributed by atoms with Crippen molar-refractivity contribution in [2.24, 2.45) is 0 Å². The Labute approximate surface area is 102 Å². The minimum absolute atomic E-state index is 0.0650. The molecular formula is C13H19NO3. The van der Waals surface area contributed by atoms with Crippen molar-refractivity contribution in [2.45, 2.75) is 25.7 Å². The minimum atomic E-state index is -0.327. The van der Waals surface area contributed by atoms with Crippen LogP contribution in [0.4, 0.5) is 0 Å². The highest BCUT2D eigenvalue weighted by Crippen LogP contribution is 2.19. The summed E-state index contributed by atoms with van der Waals surface area (Å²) in [5, 5.41) is 2.90. The molecule has 1 aromatic carbocycles. The number of rotatable bonds is 6. The molecule has 0 aliphatic rings. The van der Waals surface area contributed by atoms with Gasteiger partial charge in [0.1, 0.15) is 0 Å². The first kappa shape index (κ1) is 13.7. The van der Waals surface area contributed by atoms with Crippen LogP contribution in [-0.2, 0) is 14.3 Å². The second kappa shape index (κ2) is 7.04. The highest BCUT2D eigenvalue weighted by molar-refractivity contribution is 5.73. The van der Waals surface area contributed by atoms with Gasteiger partial charge in [0, 0.05) is 27.6 Å². The fraction of sp³-hybridized carbons (Fsp3) is 0.462. The van der Waals surface area contributed by atoms with Gasteiger partial charge in [0.05, 0.1) is 6.04 Å². The second-order valence-electron chi connectivity index (χ2n) is 3.80. The van der Waals surface area contributed by atoms with E-state index in [4.69, 9.17) is 9.47 Å². The van der Waals surface area contributed by atoms with Gasteiger partial charge in [-0.3, -0.25) is 4.79 Å². The molecule has 0 fully saturated rings. The molecule has 1 aromatic rings. The molecule has 94 valence electrons. The first-order valence-electron chi connectivity index (χ1n) is 5.55. The molecule has 0 bridgehead atoms. The van der Waals surface area contributed by atoms with Crippen LogP contribution in [0.15, 0.2) is 30.3 Å². The number of benzene rings is 1. The largest absolute Gasteiger partial charge is 0.356 e. The maximum absolute atomic E-state index is 11.2. The van der Waals surface area contributed by atoms with Gasteiger partial charge in [0.15, 0.2) is 6.29 Å². The van der Waals surface area contributed by atoms with Gasteiger partial charge in [-0.25, -0.2) is 0 Å². The number of ether oxygens (including phenoxy) is 2. The van der Waals surface area contributed by atoms with Gasteiger partial charge < -0.3 is 14.8 Å². The number of hydrogen-bond donors (Lipinski definition) is 1. The van der Waals surface area contributed by atoms with Crippen LogP contribution >= 0.6 is 0 Å². The van der Waals surface area contributed by atoms with E-state index in [-0.39, 0.29) is 18.2 Å². The number of nitrogens with one attached hydrogen (secondary N) is 1. The van der Waals surface area contributed by atoms with E-state index in [0.29, 0.717) is 6.42 Å². The molecule has 0 radical (unpaired) electrons. The molecule has 0 aliphatic carbocycles. The van der Waals surface area contributed by atoms with Crippen molar-refractivity contribution in [1.82, 2.24) is 5.32 Å². The maximum atomic E-state index is 11.2. The normalized spacial score (nSPS) is 12.5. The predicted molar refractivity (Wildman–Crippen MR) is 65.4 cm³/mol. The molecule has 0 heterocycles. The smallest absolute Gasteiger partial charge is 0.217 e. The third kappa shape index (κ3) is 4.54. The molecular weight excluding hydrogens is 218 g/mol. The Hall–Kier alpha value is -1.39. The van der Waals surface area contributed by atoms with Crippen molar-refractivity contribution in [3.8, 4) is 0 Å². The quantitative estimate of drug-likeness (QED) is 0.768. The summed E-state index contributed by atoms with van der Waals surface area (Å²) in [6.07, 6.45) is 0.253. The minimum Gasteiger partial charge on any atom is -0.356 e. The summed E-state index contributed by atoms with van der Waals surface area (Å²) in [5.41, 5.74) is 1.04. The Morgan fingerprint density at radius 3 is 2.29 bits per heavy atom. The molecule has 0 saturated carbocycles. The first-order valence-corrected chi connectivity index (χ1v) is 5.55. The van der Waals surface area contributed by atoms with Crippen LogP contribution in [0.2, 0.25) is 0 Å². The van der Waals surface area contributed by atoms with Gasteiger partial charge in [-0.1, -0.05) is 30.3 Å². The number of methoxy groups -OCH3 is 2. The van der Waals surface area contributed by atoms with Gasteiger partial charge in [0.25, 0.3) is 0 Å². The van der Waals surface area contributed by atoms with E-state index < -0.39 is 0 Å². The lowest BCUT2D eigenvalue weighted by Crippen LogP contribution is -2.30. The highest BCUT2D eigenvalue weighted by Gasteiger charge is 2.18. The second-order valence-corrected chi connectivity index (χ2v) is 3.80. The summed E-state index contributed by atoms with van der Waals surface area (Å²) < 4.78 is 10.3. The molecule has 1 unspecified atom stereocenters. The maximum Gasteiger partial charge on any atom is 0.217 e. The molecule has 17 heavy (non-hydrogen) atoms. The van der Waals surface area contributed by atoms with E-state index >= 15 is 0 Å². The fourth-order valence-electron chi connectivity index (χ4n) is 1.69. The average Bonchev–Trinajstić information content (AvgIpc) is 2.35. The fourth-order valence-corrected chi connectivity index (χ4v) is 1.69. The van der Waals surface area contributed by atoms with E-state index in [1.807, 2.05) is 30.3 Å². The van der Waals surface area contributed by atoms with Crippen molar-refractivity contribution >= 4 is 5.91 Å². The Bertz CT molecular complexity index is 336. The average molecular weight is 237 g/mol. The topological polar surface area (TPSA) is 47.6 Å². The zero-order valence-electron chi connectivity index (χ0n) is 10.5. The Balaban J connectivity index is 2.77. The molecule has 1 atom stereocenters. The van der Waals surface area contributed by atoms with Crippen molar-refractivity contribution in [3.05, 3.63) is 35.9 Å². The van der Waals surface area contributed by atoms with Gasteiger partial charge in [-0.15, -0.1) is 0 Å². The van der Waals surface area contributed by atoms with Crippen LogP contribution in [0, 0.1) is 0 Å². The standard InChI is InChI=1S/C13H19NO3/c1-10(15)14-12(9-13(16-2)17-3)11-7-5-4-6-8-11/h4-8,12-13H,9H2,1-3H3,(H,14,15). The van der Waals surface area contributed by atoms with E-state index in [1.54, 1.807) is 14.2 Å². The third-order valence-corrected chi connectivity index (χ3v) is 2.53. The zero-order valence-corrected chi connectivity index (χ0v) is 10.5. The van der Waals surface area contributed by atoms with E-state index in [9.17, 15) is 4.79 Å². The zero-order chi connectivity index (χ0) is 12.7. The summed E-state index contributed by atoms with van der Waals surface area (Å²) >= 11 is 0. The summed E-state index contributed by atoms with van der Waals surface area (Å²) in [5.74, 6) is -0.0650. The van der Waals surface area contributed by atoms with E-state index in [2.05, 4.69) is 5.32 Å². The van der Waals surface area contributed by atoms with E-state index in [1.165, 1.54) is 6.92 Å². The molecule has 4 heteroatoms. The highest BCUT2D eigenvalue weighted by atomic mass is 16.7. The number of amides is 1. The van der Waals surface area contributed by atoms with Gasteiger partial charge in [0.2, 0.25) is 5.91 Å². The van der Waals surface area contributed by atoms with Crippen LogP contribution in [0.1, 0.15) is 24.9 Å². The van der Waals surface area contributed by atoms with E-state index in [0.717, 1.165) is 5.56 Å². The molecule has 1 rings (SSSR count). The van der Waals surface area contributed by atoms with Gasteiger partial charge in [-0.05, 0) is 5.56 Å². The molecule has 1 N–H and O–H groups in total. The lowest BCUT2D eigenvalue weighted by Gasteiger charge is -2.22. The van der Waals surface area contributed by atoms with Crippen LogP contribution < -0.4 is 5.32 Å². The summed E-state index contributed by atoms with van der Waals surface area (Å²) in [6.45, 7) is 1.50. The molecule has 0 saturated heterocycles. The van der Waals surface area contributed by atoms with Crippen LogP contribution in [0.3, 0.4) is 0 Å². The third-order valence-electron chi connectivity index (χ3n) is 2.53. The molecule has 1 amide bonds. The van der Waals surface area contributed by atoms with Crippen LogP contribution in [0.5, 0.6) is 0 Å². The van der Waals surface area contributed by atoms with Crippen molar-refractivity contribution < 1.29 is 14.3 Å². The van der Waals surface area contributed by atoms with Crippen molar-refractivity contribution in [2.75, 3.05) is 14.2 Å². The summed E-state index contributed by atoms with van der Waals surface area (Å²) in [6, 6.07) is 9.68. The lowest BCUT2D eigenvalue weighted by molar-refractivity contribution is -0.124. The molecule has 0 spiro atoms. The Morgan fingerprint density at radius 1 is 1.24 bits per heavy atom. The van der Waals surface area contributed by atoms with Gasteiger partial charge >= 0.3 is 0 Å². The number of carbonyl (C=O) groups excluding carboxylic acids is 1. The van der Waals surface area contributed by atoms with Crippen LogP contribution in [-0.4, -0.2) is 26.4 Å². The van der Waals surface area contributed by atoms with Gasteiger partial charge in [-0.2, -0.15) is 0 Å². The molecule has 0 aromatic heterocycles. The number of carbonyl (C=O) groups is 1. The predicted octanol–water partition coefficient (Wildman–Crippen LogP) is 1.87. The lowest BCUT2D eigenvalue weighted by atomic mass is 10.0. The van der Waals surface area contributed by atoms with Crippen molar-refractivity contribution in [1.29, 1.82) is 0 Å². The number of hydrogen-bond acceptors (Lipinski definition) is 3. The SMILES string of the molecule is COC(CC(NC(C)=O)c1ccccc1)OC.